The molecule has 0 bridgehead atoms. The number of primary amides is 1. The fourth-order valence-corrected chi connectivity index (χ4v) is 4.25. The van der Waals surface area contributed by atoms with Gasteiger partial charge in [0.2, 0.25) is 11.8 Å². The summed E-state index contributed by atoms with van der Waals surface area (Å²) >= 11 is 0. The van der Waals surface area contributed by atoms with Gasteiger partial charge in [-0.25, -0.2) is 4.39 Å². The summed E-state index contributed by atoms with van der Waals surface area (Å²) < 4.78 is 13.6. The van der Waals surface area contributed by atoms with Crippen LogP contribution in [0, 0.1) is 5.82 Å². The molecule has 4 amide bonds. The molecule has 33 heavy (non-hydrogen) atoms. The highest BCUT2D eigenvalue weighted by Crippen LogP contribution is 2.30. The first-order valence-electron chi connectivity index (χ1n) is 10.5. The Balaban J connectivity index is 1.46. The molecular weight excluding hydrogens is 425 g/mol. The van der Waals surface area contributed by atoms with E-state index in [0.717, 1.165) is 21.3 Å². The molecule has 8 heteroatoms. The van der Waals surface area contributed by atoms with Crippen molar-refractivity contribution < 1.29 is 23.6 Å². The van der Waals surface area contributed by atoms with Crippen molar-refractivity contribution in [3.05, 3.63) is 83.2 Å². The Labute approximate surface area is 189 Å². The Morgan fingerprint density at radius 3 is 2.18 bits per heavy atom. The Morgan fingerprint density at radius 2 is 1.61 bits per heavy atom. The lowest BCUT2D eigenvalue weighted by atomic mass is 9.94. The minimum Gasteiger partial charge on any atom is -0.368 e. The zero-order valence-electron chi connectivity index (χ0n) is 18.0. The van der Waals surface area contributed by atoms with E-state index in [4.69, 9.17) is 5.73 Å². The van der Waals surface area contributed by atoms with Crippen LogP contribution in [-0.2, 0) is 9.59 Å². The van der Waals surface area contributed by atoms with Crippen molar-refractivity contribution in [2.75, 3.05) is 13.6 Å². The molecule has 0 spiro atoms. The number of imide groups is 1. The summed E-state index contributed by atoms with van der Waals surface area (Å²) in [6.45, 7) is 0.0448. The predicted molar refractivity (Wildman–Crippen MR) is 120 cm³/mol. The number of amides is 4. The van der Waals surface area contributed by atoms with Gasteiger partial charge in [0.1, 0.15) is 11.9 Å². The lowest BCUT2D eigenvalue weighted by Gasteiger charge is -2.28. The third-order valence-electron chi connectivity index (χ3n) is 5.84. The minimum atomic E-state index is -1.13. The maximum Gasteiger partial charge on any atom is 0.261 e. The van der Waals surface area contributed by atoms with Crippen molar-refractivity contribution in [3.63, 3.8) is 0 Å². The lowest BCUT2D eigenvalue weighted by Crippen LogP contribution is -2.42. The summed E-state index contributed by atoms with van der Waals surface area (Å²) in [5.41, 5.74) is 6.64. The molecular formula is C25H22FN3O4. The van der Waals surface area contributed by atoms with E-state index in [0.29, 0.717) is 16.5 Å². The van der Waals surface area contributed by atoms with Gasteiger partial charge in [0.05, 0.1) is 0 Å². The number of hydrogen-bond acceptors (Lipinski definition) is 4. The Bertz CT molecular complexity index is 1240. The van der Waals surface area contributed by atoms with Crippen molar-refractivity contribution in [2.24, 2.45) is 5.73 Å². The molecule has 0 aromatic heterocycles. The highest BCUT2D eigenvalue weighted by molar-refractivity contribution is 6.25. The number of nitrogens with two attached hydrogens (primary N) is 1. The second-order valence-corrected chi connectivity index (χ2v) is 7.94. The lowest BCUT2D eigenvalue weighted by molar-refractivity contribution is -0.138. The van der Waals surface area contributed by atoms with E-state index in [-0.39, 0.29) is 24.9 Å². The van der Waals surface area contributed by atoms with Gasteiger partial charge in [-0.1, -0.05) is 36.4 Å². The van der Waals surface area contributed by atoms with E-state index in [1.54, 1.807) is 24.3 Å². The maximum atomic E-state index is 13.6. The molecule has 3 aromatic carbocycles. The van der Waals surface area contributed by atoms with Gasteiger partial charge in [-0.15, -0.1) is 0 Å². The predicted octanol–water partition coefficient (Wildman–Crippen LogP) is 3.04. The van der Waals surface area contributed by atoms with E-state index in [2.05, 4.69) is 0 Å². The topological polar surface area (TPSA) is 101 Å². The first-order valence-corrected chi connectivity index (χ1v) is 10.5. The molecule has 0 aliphatic carbocycles. The second kappa shape index (κ2) is 8.82. The molecule has 4 rings (SSSR count). The molecule has 1 atom stereocenters. The van der Waals surface area contributed by atoms with E-state index in [1.807, 2.05) is 12.1 Å². The SMILES string of the molecule is CN(C(=O)CCCN1C(=O)c2cccc3cccc(c23)C1=O)C(C(N)=O)c1cccc(F)c1. The van der Waals surface area contributed by atoms with Crippen molar-refractivity contribution in [1.29, 1.82) is 0 Å². The highest BCUT2D eigenvalue weighted by Gasteiger charge is 2.33. The molecule has 0 radical (unpaired) electrons. The standard InChI is InChI=1S/C25H22FN3O4/c1-28(22(23(27)31)16-8-2-9-17(26)14-16)20(30)12-5-13-29-24(32)18-10-3-6-15-7-4-11-19(21(15)18)25(29)33/h2-4,6-11,14,22H,5,12-13H2,1H3,(H2,27,31). The summed E-state index contributed by atoms with van der Waals surface area (Å²) in [6, 6.07) is 14.8. The molecule has 0 fully saturated rings. The number of likely N-dealkylation sites (N-methyl/N-ethyl adjacent to an activating group) is 1. The first kappa shape index (κ1) is 22.1. The monoisotopic (exact) mass is 447 g/mol. The van der Waals surface area contributed by atoms with Crippen LogP contribution < -0.4 is 5.73 Å². The van der Waals surface area contributed by atoms with Crippen molar-refractivity contribution in [2.45, 2.75) is 18.9 Å². The van der Waals surface area contributed by atoms with E-state index < -0.39 is 35.5 Å². The van der Waals surface area contributed by atoms with Crippen LogP contribution in [0.15, 0.2) is 60.7 Å². The van der Waals surface area contributed by atoms with E-state index in [1.165, 1.54) is 25.2 Å². The van der Waals surface area contributed by atoms with Gasteiger partial charge in [0, 0.05) is 36.5 Å². The van der Waals surface area contributed by atoms with Crippen LogP contribution >= 0.6 is 0 Å². The van der Waals surface area contributed by atoms with E-state index >= 15 is 0 Å². The molecule has 168 valence electrons. The zero-order valence-corrected chi connectivity index (χ0v) is 18.0. The summed E-state index contributed by atoms with van der Waals surface area (Å²) in [4.78, 5) is 52.9. The molecule has 3 aromatic rings. The van der Waals surface area contributed by atoms with Gasteiger partial charge in [0.15, 0.2) is 0 Å². The number of hydrogen-bond donors (Lipinski definition) is 1. The average Bonchev–Trinajstić information content (AvgIpc) is 2.79. The largest absolute Gasteiger partial charge is 0.368 e. The number of carbonyl (C=O) groups is 4. The normalized spacial score (nSPS) is 13.8. The third kappa shape index (κ3) is 4.07. The Hall–Kier alpha value is -4.07. The minimum absolute atomic E-state index is 0.0293. The van der Waals surface area contributed by atoms with Crippen LogP contribution in [0.5, 0.6) is 0 Å². The summed E-state index contributed by atoms with van der Waals surface area (Å²) in [7, 11) is 1.41. The zero-order chi connectivity index (χ0) is 23.7. The molecule has 1 heterocycles. The van der Waals surface area contributed by atoms with Crippen molar-refractivity contribution >= 4 is 34.4 Å². The van der Waals surface area contributed by atoms with Gasteiger partial charge in [0.25, 0.3) is 11.8 Å². The first-order chi connectivity index (χ1) is 15.8. The molecule has 1 aliphatic heterocycles. The van der Waals surface area contributed by atoms with Crippen molar-refractivity contribution in [1.82, 2.24) is 9.80 Å². The van der Waals surface area contributed by atoms with Crippen LogP contribution in [0.3, 0.4) is 0 Å². The van der Waals surface area contributed by atoms with Crippen LogP contribution in [0.2, 0.25) is 0 Å². The molecule has 0 saturated heterocycles. The van der Waals surface area contributed by atoms with Gasteiger partial charge in [-0.3, -0.25) is 24.1 Å². The van der Waals surface area contributed by atoms with Gasteiger partial charge >= 0.3 is 0 Å². The molecule has 1 unspecified atom stereocenters. The Kier molecular flexibility index (Phi) is 5.91. The average molecular weight is 447 g/mol. The van der Waals surface area contributed by atoms with Crippen LogP contribution in [0.4, 0.5) is 4.39 Å². The quantitative estimate of drug-likeness (QED) is 0.563. The molecule has 7 nitrogen and oxygen atoms in total. The molecule has 2 N–H and O–H groups in total. The highest BCUT2D eigenvalue weighted by atomic mass is 19.1. The van der Waals surface area contributed by atoms with Crippen LogP contribution in [-0.4, -0.2) is 47.0 Å². The van der Waals surface area contributed by atoms with Gasteiger partial charge in [-0.2, -0.15) is 0 Å². The maximum absolute atomic E-state index is 13.6. The smallest absolute Gasteiger partial charge is 0.261 e. The van der Waals surface area contributed by atoms with Gasteiger partial charge < -0.3 is 10.6 Å². The summed E-state index contributed by atoms with van der Waals surface area (Å²) in [5, 5.41) is 1.46. The van der Waals surface area contributed by atoms with Crippen LogP contribution in [0.25, 0.3) is 10.8 Å². The molecule has 1 aliphatic rings. The number of carbonyl (C=O) groups excluding carboxylic acids is 4. The Morgan fingerprint density at radius 1 is 1.00 bits per heavy atom. The fourth-order valence-electron chi connectivity index (χ4n) is 4.25. The third-order valence-corrected chi connectivity index (χ3v) is 5.84. The van der Waals surface area contributed by atoms with Crippen molar-refractivity contribution in [3.8, 4) is 0 Å². The number of benzene rings is 3. The molecule has 0 saturated carbocycles. The van der Waals surface area contributed by atoms with Crippen LogP contribution in [0.1, 0.15) is 45.2 Å². The summed E-state index contributed by atoms with van der Waals surface area (Å²) in [6.07, 6.45) is 0.173. The summed E-state index contributed by atoms with van der Waals surface area (Å²) in [5.74, 6) is -2.55. The fraction of sp³-hybridized carbons (Fsp3) is 0.200. The number of rotatable bonds is 7. The number of halogens is 1. The number of nitrogens with zero attached hydrogens (tertiary/aromatic N) is 2. The second-order valence-electron chi connectivity index (χ2n) is 7.94. The van der Waals surface area contributed by atoms with Gasteiger partial charge in [-0.05, 0) is 41.6 Å². The van der Waals surface area contributed by atoms with E-state index in [9.17, 15) is 23.6 Å².